The number of likely N-dealkylation sites (tertiary alicyclic amines) is 1. The van der Waals surface area contributed by atoms with Gasteiger partial charge in [-0.05, 0) is 48.6 Å². The normalized spacial score (nSPS) is 25.8. The maximum Gasteiger partial charge on any atom is 0.0889 e. The first-order chi connectivity index (χ1) is 8.31. The molecule has 2 aliphatic rings. The van der Waals surface area contributed by atoms with Crippen molar-refractivity contribution in [1.29, 1.82) is 0 Å². The molecule has 3 nitrogen and oxygen atoms in total. The summed E-state index contributed by atoms with van der Waals surface area (Å²) in [6.45, 7) is 2.38. The zero-order valence-corrected chi connectivity index (χ0v) is 11.2. The summed E-state index contributed by atoms with van der Waals surface area (Å²) in [6, 6.07) is 4.53. The molecule has 1 saturated heterocycles. The lowest BCUT2D eigenvalue weighted by Crippen LogP contribution is -2.31. The van der Waals surface area contributed by atoms with Gasteiger partial charge < -0.3 is 4.90 Å². The second-order valence-corrected chi connectivity index (χ2v) is 5.38. The van der Waals surface area contributed by atoms with E-state index >= 15 is 0 Å². The quantitative estimate of drug-likeness (QED) is 0.730. The molecule has 2 unspecified atom stereocenters. The molecular weight excluding hydrogens is 246 g/mol. The molecule has 1 aliphatic heterocycles. The highest BCUT2D eigenvalue weighted by Gasteiger charge is 2.36. The van der Waals surface area contributed by atoms with Gasteiger partial charge in [0.15, 0.2) is 0 Å². The first-order valence-corrected chi connectivity index (χ1v) is 6.24. The summed E-state index contributed by atoms with van der Waals surface area (Å²) in [4.78, 5) is 11.3. The smallest absolute Gasteiger partial charge is 0.0889 e. The Labute approximate surface area is 113 Å². The molecule has 2 aromatic rings. The highest BCUT2D eigenvalue weighted by atomic mass is 35.5. The zero-order chi connectivity index (χ0) is 11.4. The molecule has 94 valence electrons. The van der Waals surface area contributed by atoms with Crippen LogP contribution in [0.1, 0.15) is 29.4 Å². The molecule has 1 aliphatic carbocycles. The summed E-state index contributed by atoms with van der Waals surface area (Å²) in [5, 5.41) is 0. The minimum absolute atomic E-state index is 0. The average molecular weight is 262 g/mol. The Morgan fingerprint density at radius 2 is 1.50 bits per heavy atom. The molecule has 1 aromatic carbocycles. The Balaban J connectivity index is 0.000001000. The Kier molecular flexibility index (Phi) is 2.76. The topological polar surface area (TPSA) is 29.0 Å². The second kappa shape index (κ2) is 4.18. The van der Waals surface area contributed by atoms with Gasteiger partial charge in [-0.3, -0.25) is 9.97 Å². The highest BCUT2D eigenvalue weighted by Crippen LogP contribution is 2.46. The molecule has 0 amide bonds. The van der Waals surface area contributed by atoms with Crippen molar-refractivity contribution in [3.63, 3.8) is 0 Å². The fraction of sp³-hybridized carbons (Fsp3) is 0.429. The van der Waals surface area contributed by atoms with E-state index < -0.39 is 0 Å². The van der Waals surface area contributed by atoms with Crippen molar-refractivity contribution in [1.82, 2.24) is 14.9 Å². The van der Waals surface area contributed by atoms with Gasteiger partial charge in [0.2, 0.25) is 0 Å². The van der Waals surface area contributed by atoms with Crippen LogP contribution in [0.4, 0.5) is 0 Å². The van der Waals surface area contributed by atoms with Gasteiger partial charge in [0.05, 0.1) is 11.0 Å². The van der Waals surface area contributed by atoms with Crippen LogP contribution < -0.4 is 0 Å². The van der Waals surface area contributed by atoms with Crippen molar-refractivity contribution < 1.29 is 0 Å². The van der Waals surface area contributed by atoms with Crippen molar-refractivity contribution in [3.8, 4) is 0 Å². The van der Waals surface area contributed by atoms with Gasteiger partial charge in [-0.2, -0.15) is 0 Å². The van der Waals surface area contributed by atoms with Crippen LogP contribution in [0.15, 0.2) is 24.5 Å². The molecule has 1 aromatic heterocycles. The first-order valence-electron chi connectivity index (χ1n) is 6.24. The molecule has 4 heteroatoms. The standard InChI is InChI=1S/C14H15N3.ClH/c1-17-7-9-4-10(8-17)12-6-14-13(5-11(9)12)15-2-3-16-14;/h2-3,5-6,9-10H,4,7-8H2,1H3;1H. The highest BCUT2D eigenvalue weighted by molar-refractivity contribution is 5.85. The van der Waals surface area contributed by atoms with Gasteiger partial charge in [-0.1, -0.05) is 0 Å². The van der Waals surface area contributed by atoms with Crippen molar-refractivity contribution >= 4 is 23.4 Å². The van der Waals surface area contributed by atoms with Crippen molar-refractivity contribution in [2.45, 2.75) is 18.3 Å². The zero-order valence-electron chi connectivity index (χ0n) is 10.3. The predicted octanol–water partition coefficient (Wildman–Crippen LogP) is 2.57. The summed E-state index contributed by atoms with van der Waals surface area (Å²) in [5.74, 6) is 1.42. The predicted molar refractivity (Wildman–Crippen MR) is 74.4 cm³/mol. The molecule has 0 N–H and O–H groups in total. The van der Waals surface area contributed by atoms with Gasteiger partial charge >= 0.3 is 0 Å². The number of fused-ring (bicyclic) bond motifs is 6. The maximum absolute atomic E-state index is 4.42. The van der Waals surface area contributed by atoms with Crippen molar-refractivity contribution in [2.75, 3.05) is 20.1 Å². The third-order valence-electron chi connectivity index (χ3n) is 4.19. The van der Waals surface area contributed by atoms with E-state index in [1.807, 2.05) is 0 Å². The van der Waals surface area contributed by atoms with E-state index in [0.717, 1.165) is 11.0 Å². The van der Waals surface area contributed by atoms with E-state index in [4.69, 9.17) is 0 Å². The van der Waals surface area contributed by atoms with E-state index in [2.05, 4.69) is 34.0 Å². The summed E-state index contributed by atoms with van der Waals surface area (Å²) in [5.41, 5.74) is 5.13. The number of likely N-dealkylation sites (N-methyl/N-ethyl adjacent to an activating group) is 1. The van der Waals surface area contributed by atoms with Crippen LogP contribution in [0.2, 0.25) is 0 Å². The fourth-order valence-electron chi connectivity index (χ4n) is 3.52. The first kappa shape index (κ1) is 11.9. The van der Waals surface area contributed by atoms with E-state index in [1.165, 1.54) is 30.6 Å². The van der Waals surface area contributed by atoms with Crippen LogP contribution in [-0.4, -0.2) is 35.0 Å². The van der Waals surface area contributed by atoms with Gasteiger partial charge in [-0.25, -0.2) is 0 Å². The van der Waals surface area contributed by atoms with Crippen molar-refractivity contribution in [2.24, 2.45) is 0 Å². The van der Waals surface area contributed by atoms with Gasteiger partial charge in [0.1, 0.15) is 0 Å². The number of aromatic nitrogens is 2. The van der Waals surface area contributed by atoms with Gasteiger partial charge in [0.25, 0.3) is 0 Å². The largest absolute Gasteiger partial charge is 0.305 e. The maximum atomic E-state index is 4.42. The molecule has 0 saturated carbocycles. The minimum atomic E-state index is 0. The van der Waals surface area contributed by atoms with Gasteiger partial charge in [-0.15, -0.1) is 12.4 Å². The summed E-state index contributed by atoms with van der Waals surface area (Å²) < 4.78 is 0. The second-order valence-electron chi connectivity index (χ2n) is 5.38. The Morgan fingerprint density at radius 3 is 2.00 bits per heavy atom. The number of hydrogen-bond donors (Lipinski definition) is 0. The van der Waals surface area contributed by atoms with Crippen LogP contribution in [0, 0.1) is 0 Å². The molecule has 2 bridgehead atoms. The summed E-state index contributed by atoms with van der Waals surface area (Å²) in [6.07, 6.45) is 4.87. The van der Waals surface area contributed by atoms with Crippen LogP contribution in [0.5, 0.6) is 0 Å². The molecule has 0 radical (unpaired) electrons. The van der Waals surface area contributed by atoms with Crippen LogP contribution in [-0.2, 0) is 0 Å². The Hall–Kier alpha value is -1.19. The lowest BCUT2D eigenvalue weighted by atomic mass is 9.96. The Bertz CT molecular complexity index is 548. The lowest BCUT2D eigenvalue weighted by molar-refractivity contribution is 0.245. The molecule has 2 atom stereocenters. The minimum Gasteiger partial charge on any atom is -0.305 e. The van der Waals surface area contributed by atoms with Crippen molar-refractivity contribution in [3.05, 3.63) is 35.7 Å². The van der Waals surface area contributed by atoms with E-state index in [1.54, 1.807) is 12.4 Å². The van der Waals surface area contributed by atoms with Crippen LogP contribution >= 0.6 is 12.4 Å². The van der Waals surface area contributed by atoms with E-state index in [-0.39, 0.29) is 12.4 Å². The van der Waals surface area contributed by atoms with Crippen LogP contribution in [0.3, 0.4) is 0 Å². The number of piperidine rings is 1. The molecule has 4 rings (SSSR count). The fourth-order valence-corrected chi connectivity index (χ4v) is 3.52. The number of halogens is 1. The average Bonchev–Trinajstić information content (AvgIpc) is 2.59. The molecule has 1 fully saturated rings. The molecule has 0 spiro atoms. The Morgan fingerprint density at radius 1 is 1.00 bits per heavy atom. The summed E-state index contributed by atoms with van der Waals surface area (Å²) in [7, 11) is 2.22. The van der Waals surface area contributed by atoms with E-state index in [0.29, 0.717) is 11.8 Å². The number of rotatable bonds is 0. The van der Waals surface area contributed by atoms with E-state index in [9.17, 15) is 0 Å². The van der Waals surface area contributed by atoms with Gasteiger partial charge in [0, 0.05) is 25.5 Å². The van der Waals surface area contributed by atoms with Crippen LogP contribution in [0.25, 0.3) is 11.0 Å². The SMILES string of the molecule is CN1CC2CC(C1)c1cc3nccnc3cc12.Cl. The number of benzene rings is 1. The lowest BCUT2D eigenvalue weighted by Gasteiger charge is -2.28. The molecular formula is C14H16ClN3. The third kappa shape index (κ3) is 1.62. The molecule has 18 heavy (non-hydrogen) atoms. The summed E-state index contributed by atoms with van der Waals surface area (Å²) >= 11 is 0. The number of hydrogen-bond acceptors (Lipinski definition) is 3. The monoisotopic (exact) mass is 261 g/mol. The number of nitrogens with zero attached hydrogens (tertiary/aromatic N) is 3. The molecule has 2 heterocycles. The third-order valence-corrected chi connectivity index (χ3v) is 4.19.